The van der Waals surface area contributed by atoms with Crippen LogP contribution in [-0.4, -0.2) is 17.7 Å². The molecule has 3 N–H and O–H groups in total. The minimum Gasteiger partial charge on any atom is -0.351 e. The molecule has 14 heavy (non-hydrogen) atoms. The fraction of sp³-hybridized carbons (Fsp3) is 0.714. The lowest BCUT2D eigenvalue weighted by Crippen LogP contribution is -2.49. The van der Waals surface area contributed by atoms with E-state index in [1.807, 2.05) is 5.32 Å². The van der Waals surface area contributed by atoms with Crippen molar-refractivity contribution in [1.29, 1.82) is 10.7 Å². The van der Waals surface area contributed by atoms with Crippen LogP contribution in [0.25, 0.3) is 0 Å². The summed E-state index contributed by atoms with van der Waals surface area (Å²) in [7, 11) is 0. The number of rotatable bonds is 2. The number of nitrogens with one attached hydrogen (secondary N) is 3. The fourth-order valence-corrected chi connectivity index (χ4v) is 0.971. The van der Waals surface area contributed by atoms with Crippen LogP contribution >= 0.6 is 0 Å². The highest BCUT2D eigenvalue weighted by Crippen LogP contribution is 2.26. The van der Waals surface area contributed by atoms with Gasteiger partial charge in [-0.2, -0.15) is 18.4 Å². The first-order valence-electron chi connectivity index (χ1n) is 3.75. The van der Waals surface area contributed by atoms with E-state index < -0.39 is 24.1 Å². The summed E-state index contributed by atoms with van der Waals surface area (Å²) in [6.07, 6.45) is -3.94. The van der Waals surface area contributed by atoms with Gasteiger partial charge in [-0.05, 0) is 13.8 Å². The topological polar surface area (TPSA) is 71.7 Å². The smallest absolute Gasteiger partial charge is 0.351 e. The van der Waals surface area contributed by atoms with Crippen molar-refractivity contribution in [2.75, 3.05) is 0 Å². The van der Waals surface area contributed by atoms with Crippen LogP contribution in [0.4, 0.5) is 13.2 Å². The van der Waals surface area contributed by atoms with Gasteiger partial charge in [0.2, 0.25) is 5.96 Å². The number of alkyl halides is 3. The Bertz CT molecular complexity index is 251. The summed E-state index contributed by atoms with van der Waals surface area (Å²) in [6, 6.07) is 0. The SMILES string of the molecule is CC(C)(CC(F)(F)F)NC(=N)NC#N. The average Bonchev–Trinajstić information content (AvgIpc) is 1.78. The predicted molar refractivity (Wildman–Crippen MR) is 44.4 cm³/mol. The van der Waals surface area contributed by atoms with Crippen molar-refractivity contribution in [3.63, 3.8) is 0 Å². The van der Waals surface area contributed by atoms with E-state index in [4.69, 9.17) is 10.7 Å². The maximum Gasteiger partial charge on any atom is 0.391 e. The molecule has 0 aromatic rings. The maximum atomic E-state index is 12.0. The summed E-state index contributed by atoms with van der Waals surface area (Å²) in [4.78, 5) is 0. The molecule has 0 aliphatic carbocycles. The molecular formula is C7H11F3N4. The van der Waals surface area contributed by atoms with Gasteiger partial charge in [-0.15, -0.1) is 0 Å². The number of halogens is 3. The number of nitrogens with zero attached hydrogens (tertiary/aromatic N) is 1. The molecule has 0 amide bonds. The number of hydrogen-bond acceptors (Lipinski definition) is 2. The Morgan fingerprint density at radius 2 is 1.93 bits per heavy atom. The average molecular weight is 208 g/mol. The van der Waals surface area contributed by atoms with Gasteiger partial charge in [0.05, 0.1) is 6.42 Å². The molecule has 0 rings (SSSR count). The summed E-state index contributed by atoms with van der Waals surface area (Å²) in [5.74, 6) is -0.443. The molecule has 0 aliphatic rings. The fourth-order valence-electron chi connectivity index (χ4n) is 0.971. The predicted octanol–water partition coefficient (Wildman–Crippen LogP) is 1.31. The van der Waals surface area contributed by atoms with Crippen molar-refractivity contribution < 1.29 is 13.2 Å². The van der Waals surface area contributed by atoms with E-state index >= 15 is 0 Å². The van der Waals surface area contributed by atoms with Crippen LogP contribution in [0.15, 0.2) is 0 Å². The lowest BCUT2D eigenvalue weighted by molar-refractivity contribution is -0.146. The van der Waals surface area contributed by atoms with Crippen molar-refractivity contribution in [3.8, 4) is 6.19 Å². The van der Waals surface area contributed by atoms with Crippen molar-refractivity contribution in [2.45, 2.75) is 32.0 Å². The molecule has 0 aromatic carbocycles. The Labute approximate surface area is 79.6 Å². The summed E-state index contributed by atoms with van der Waals surface area (Å²) in [5.41, 5.74) is -1.31. The number of hydrogen-bond donors (Lipinski definition) is 3. The molecule has 0 unspecified atom stereocenters. The molecule has 0 fully saturated rings. The molecule has 0 saturated carbocycles. The van der Waals surface area contributed by atoms with Gasteiger partial charge in [0.1, 0.15) is 0 Å². The van der Waals surface area contributed by atoms with Gasteiger partial charge in [-0.25, -0.2) is 0 Å². The first-order chi connectivity index (χ1) is 6.16. The first kappa shape index (κ1) is 12.6. The van der Waals surface area contributed by atoms with Crippen LogP contribution < -0.4 is 10.6 Å². The third-order valence-corrected chi connectivity index (χ3v) is 1.29. The zero-order valence-corrected chi connectivity index (χ0v) is 7.79. The molecular weight excluding hydrogens is 197 g/mol. The van der Waals surface area contributed by atoms with Crippen LogP contribution in [0.2, 0.25) is 0 Å². The van der Waals surface area contributed by atoms with Crippen LogP contribution in [0.3, 0.4) is 0 Å². The normalized spacial score (nSPS) is 11.7. The third kappa shape index (κ3) is 6.11. The number of guanidine groups is 1. The van der Waals surface area contributed by atoms with Gasteiger partial charge < -0.3 is 5.32 Å². The van der Waals surface area contributed by atoms with E-state index in [2.05, 4.69) is 5.32 Å². The highest BCUT2D eigenvalue weighted by Gasteiger charge is 2.36. The van der Waals surface area contributed by atoms with Crippen molar-refractivity contribution >= 4 is 5.96 Å². The minimum absolute atomic E-state index is 0.443. The Balaban J connectivity index is 4.22. The largest absolute Gasteiger partial charge is 0.391 e. The summed E-state index contributed by atoms with van der Waals surface area (Å²) < 4.78 is 36.0. The summed E-state index contributed by atoms with van der Waals surface area (Å²) >= 11 is 0. The molecule has 0 aromatic heterocycles. The van der Waals surface area contributed by atoms with Gasteiger partial charge in [0, 0.05) is 5.54 Å². The van der Waals surface area contributed by atoms with Crippen molar-refractivity contribution in [2.24, 2.45) is 0 Å². The van der Waals surface area contributed by atoms with Crippen LogP contribution in [0, 0.1) is 16.9 Å². The van der Waals surface area contributed by atoms with E-state index in [9.17, 15) is 13.2 Å². The zero-order valence-electron chi connectivity index (χ0n) is 7.79. The third-order valence-electron chi connectivity index (χ3n) is 1.29. The van der Waals surface area contributed by atoms with E-state index in [-0.39, 0.29) is 0 Å². The van der Waals surface area contributed by atoms with Gasteiger partial charge in [-0.3, -0.25) is 10.7 Å². The molecule has 0 bridgehead atoms. The minimum atomic E-state index is -4.30. The molecule has 0 saturated heterocycles. The van der Waals surface area contributed by atoms with E-state index in [1.54, 1.807) is 0 Å². The quantitative estimate of drug-likeness (QED) is 0.277. The van der Waals surface area contributed by atoms with Crippen molar-refractivity contribution in [1.82, 2.24) is 10.6 Å². The molecule has 4 nitrogen and oxygen atoms in total. The second-order valence-electron chi connectivity index (χ2n) is 3.41. The van der Waals surface area contributed by atoms with Gasteiger partial charge in [0.25, 0.3) is 0 Å². The van der Waals surface area contributed by atoms with Gasteiger partial charge >= 0.3 is 6.18 Å². The zero-order chi connectivity index (χ0) is 11.4. The number of nitriles is 1. The van der Waals surface area contributed by atoms with Crippen LogP contribution in [0.5, 0.6) is 0 Å². The first-order valence-corrected chi connectivity index (χ1v) is 3.75. The Morgan fingerprint density at radius 3 is 2.29 bits per heavy atom. The van der Waals surface area contributed by atoms with Crippen LogP contribution in [0.1, 0.15) is 20.3 Å². The lowest BCUT2D eigenvalue weighted by atomic mass is 10.0. The highest BCUT2D eigenvalue weighted by molar-refractivity contribution is 5.78. The Hall–Kier alpha value is -1.45. The monoisotopic (exact) mass is 208 g/mol. The highest BCUT2D eigenvalue weighted by atomic mass is 19.4. The van der Waals surface area contributed by atoms with E-state index in [0.29, 0.717) is 0 Å². The van der Waals surface area contributed by atoms with Gasteiger partial charge in [0.15, 0.2) is 6.19 Å². The molecule has 7 heteroatoms. The Kier molecular flexibility index (Phi) is 3.74. The lowest BCUT2D eigenvalue weighted by Gasteiger charge is -2.27. The molecule has 0 aliphatic heterocycles. The second-order valence-corrected chi connectivity index (χ2v) is 3.41. The molecule has 80 valence electrons. The van der Waals surface area contributed by atoms with Crippen molar-refractivity contribution in [3.05, 3.63) is 0 Å². The van der Waals surface area contributed by atoms with E-state index in [1.165, 1.54) is 20.0 Å². The standard InChI is InChI=1S/C7H11F3N4/c1-6(2,3-7(8,9)10)14-5(12)13-4-11/h3H2,1-2H3,(H3,12,13,14). The molecule has 0 heterocycles. The summed E-state index contributed by atoms with van der Waals surface area (Å²) in [5, 5.41) is 19.3. The van der Waals surface area contributed by atoms with Gasteiger partial charge in [-0.1, -0.05) is 0 Å². The molecule has 0 atom stereocenters. The molecule has 0 spiro atoms. The second kappa shape index (κ2) is 4.17. The summed E-state index contributed by atoms with van der Waals surface area (Å²) in [6.45, 7) is 2.60. The Morgan fingerprint density at radius 1 is 1.43 bits per heavy atom. The maximum absolute atomic E-state index is 12.0. The van der Waals surface area contributed by atoms with E-state index in [0.717, 1.165) is 0 Å². The molecule has 0 radical (unpaired) electrons. The van der Waals surface area contributed by atoms with Crippen LogP contribution in [-0.2, 0) is 0 Å².